The predicted molar refractivity (Wildman–Crippen MR) is 78.8 cm³/mol. The number of nitrogens with zero attached hydrogens (tertiary/aromatic N) is 3. The number of carbonyl (C=O) groups is 2. The third-order valence-electron chi connectivity index (χ3n) is 4.96. The number of fused-ring (bicyclic) bond motifs is 2. The first kappa shape index (κ1) is 14.6. The van der Waals surface area contributed by atoms with Gasteiger partial charge in [0.05, 0.1) is 38.4 Å². The molecule has 0 bridgehead atoms. The first-order valence-electron chi connectivity index (χ1n) is 7.95. The topological polar surface area (TPSA) is 87.8 Å². The molecule has 0 aliphatic carbocycles. The van der Waals surface area contributed by atoms with Gasteiger partial charge >= 0.3 is 0 Å². The van der Waals surface area contributed by atoms with Gasteiger partial charge in [-0.05, 0) is 0 Å². The lowest BCUT2D eigenvalue weighted by atomic mass is 10.1. The molecule has 4 heterocycles. The summed E-state index contributed by atoms with van der Waals surface area (Å²) in [4.78, 5) is 28.2. The number of likely N-dealkylation sites (N-methyl/N-ethyl adjacent to an activating group) is 1. The predicted octanol–water partition coefficient (Wildman–Crippen LogP) is -0.446. The monoisotopic (exact) mass is 320 g/mol. The summed E-state index contributed by atoms with van der Waals surface area (Å²) in [6, 6.07) is -0.0834. The van der Waals surface area contributed by atoms with Crippen LogP contribution < -0.4 is 0 Å². The van der Waals surface area contributed by atoms with Crippen molar-refractivity contribution in [1.82, 2.24) is 20.0 Å². The summed E-state index contributed by atoms with van der Waals surface area (Å²) >= 11 is 0. The van der Waals surface area contributed by atoms with Gasteiger partial charge in [-0.15, -0.1) is 0 Å². The van der Waals surface area contributed by atoms with Crippen LogP contribution in [0.15, 0.2) is 0 Å². The molecule has 0 aromatic carbocycles. The molecule has 0 spiro atoms. The second kappa shape index (κ2) is 5.61. The van der Waals surface area contributed by atoms with E-state index in [2.05, 4.69) is 10.2 Å². The van der Waals surface area contributed by atoms with E-state index < -0.39 is 0 Å². The Hall–Kier alpha value is -1.93. The van der Waals surface area contributed by atoms with Crippen molar-refractivity contribution >= 4 is 11.8 Å². The summed E-state index contributed by atoms with van der Waals surface area (Å²) in [5, 5.41) is 7.14. The number of hydrogen-bond donors (Lipinski definition) is 1. The summed E-state index contributed by atoms with van der Waals surface area (Å²) in [5.41, 5.74) is 2.28. The molecule has 3 aliphatic heterocycles. The molecule has 0 unspecified atom stereocenters. The number of aromatic nitrogens is 2. The van der Waals surface area contributed by atoms with Crippen LogP contribution in [0.3, 0.4) is 0 Å². The largest absolute Gasteiger partial charge is 0.376 e. The lowest BCUT2D eigenvalue weighted by Crippen LogP contribution is -2.43. The second-order valence-corrected chi connectivity index (χ2v) is 6.27. The third kappa shape index (κ3) is 2.42. The molecule has 1 N–H and O–H groups in total. The Labute approximate surface area is 133 Å². The number of amides is 2. The molecular formula is C15H20N4O4. The first-order chi connectivity index (χ1) is 11.1. The highest BCUT2D eigenvalue weighted by Crippen LogP contribution is 2.25. The average Bonchev–Trinajstić information content (AvgIpc) is 3.15. The summed E-state index contributed by atoms with van der Waals surface area (Å²) in [6.07, 6.45) is 1.03. The van der Waals surface area contributed by atoms with Gasteiger partial charge in [-0.3, -0.25) is 14.7 Å². The number of H-pyrrole nitrogens is 1. The van der Waals surface area contributed by atoms with Gasteiger partial charge in [-0.1, -0.05) is 0 Å². The van der Waals surface area contributed by atoms with Crippen LogP contribution in [0.2, 0.25) is 0 Å². The van der Waals surface area contributed by atoms with E-state index in [1.807, 2.05) is 0 Å². The Balaban J connectivity index is 1.54. The van der Waals surface area contributed by atoms with E-state index in [0.29, 0.717) is 45.0 Å². The number of carbonyl (C=O) groups excluding carboxylic acids is 2. The number of nitrogens with one attached hydrogen (secondary N) is 1. The molecule has 8 heteroatoms. The maximum atomic E-state index is 12.8. The van der Waals surface area contributed by atoms with Gasteiger partial charge in [0, 0.05) is 37.8 Å². The molecule has 2 saturated heterocycles. The van der Waals surface area contributed by atoms with Crippen LogP contribution in [0.25, 0.3) is 0 Å². The van der Waals surface area contributed by atoms with E-state index >= 15 is 0 Å². The van der Waals surface area contributed by atoms with Crippen molar-refractivity contribution in [3.8, 4) is 0 Å². The van der Waals surface area contributed by atoms with Crippen LogP contribution in [0.1, 0.15) is 28.2 Å². The molecule has 8 nitrogen and oxygen atoms in total. The van der Waals surface area contributed by atoms with Crippen molar-refractivity contribution in [2.45, 2.75) is 31.6 Å². The maximum Gasteiger partial charge on any atom is 0.274 e. The lowest BCUT2D eigenvalue weighted by molar-refractivity contribution is -0.131. The van der Waals surface area contributed by atoms with E-state index in [9.17, 15) is 9.59 Å². The molecule has 2 amide bonds. The maximum absolute atomic E-state index is 12.8. The van der Waals surface area contributed by atoms with Crippen molar-refractivity contribution in [2.24, 2.45) is 0 Å². The molecule has 2 fully saturated rings. The van der Waals surface area contributed by atoms with E-state index in [-0.39, 0.29) is 24.0 Å². The Morgan fingerprint density at radius 3 is 3.04 bits per heavy atom. The summed E-state index contributed by atoms with van der Waals surface area (Å²) in [7, 11) is 1.78. The summed E-state index contributed by atoms with van der Waals surface area (Å²) in [5.74, 6) is -0.0529. The van der Waals surface area contributed by atoms with Crippen molar-refractivity contribution in [2.75, 3.05) is 33.4 Å². The molecule has 1 aromatic rings. The number of likely N-dealkylation sites (tertiary alicyclic amines) is 1. The van der Waals surface area contributed by atoms with Crippen molar-refractivity contribution in [3.05, 3.63) is 17.0 Å². The highest BCUT2D eigenvalue weighted by Gasteiger charge is 2.42. The average molecular weight is 320 g/mol. The molecule has 4 rings (SSSR count). The minimum atomic E-state index is -0.124. The van der Waals surface area contributed by atoms with Crippen LogP contribution in [0.4, 0.5) is 0 Å². The fourth-order valence-electron chi connectivity index (χ4n) is 3.56. The first-order valence-corrected chi connectivity index (χ1v) is 7.95. The van der Waals surface area contributed by atoms with Gasteiger partial charge < -0.3 is 19.3 Å². The molecule has 124 valence electrons. The fraction of sp³-hybridized carbons (Fsp3) is 0.667. The van der Waals surface area contributed by atoms with Crippen molar-refractivity contribution < 1.29 is 19.1 Å². The minimum absolute atomic E-state index is 0.0670. The molecule has 0 radical (unpaired) electrons. The molecule has 2 atom stereocenters. The Morgan fingerprint density at radius 2 is 2.17 bits per heavy atom. The van der Waals surface area contributed by atoms with Crippen LogP contribution in [0, 0.1) is 0 Å². The van der Waals surface area contributed by atoms with E-state index in [1.165, 1.54) is 0 Å². The Morgan fingerprint density at radius 1 is 1.30 bits per heavy atom. The van der Waals surface area contributed by atoms with Gasteiger partial charge in [0.1, 0.15) is 0 Å². The van der Waals surface area contributed by atoms with E-state index in [0.717, 1.165) is 17.7 Å². The summed E-state index contributed by atoms with van der Waals surface area (Å²) < 4.78 is 11.2. The van der Waals surface area contributed by atoms with Gasteiger partial charge in [0.2, 0.25) is 5.91 Å². The summed E-state index contributed by atoms with van der Waals surface area (Å²) in [6.45, 7) is 2.45. The quantitative estimate of drug-likeness (QED) is 0.757. The van der Waals surface area contributed by atoms with E-state index in [4.69, 9.17) is 9.47 Å². The zero-order valence-corrected chi connectivity index (χ0v) is 13.1. The van der Waals surface area contributed by atoms with Gasteiger partial charge in [0.15, 0.2) is 5.69 Å². The standard InChI is InChI=1S/C15H20N4O4/c1-18-11-6-19(7-12(11)23-5-3-13(18)20)15(21)14-9-8-22-4-2-10(9)16-17-14/h11-12H,2-8H2,1H3,(H,16,17)/t11-,12-/m0/s1. The zero-order valence-electron chi connectivity index (χ0n) is 13.1. The van der Waals surface area contributed by atoms with Crippen molar-refractivity contribution in [3.63, 3.8) is 0 Å². The number of aromatic amines is 1. The minimum Gasteiger partial charge on any atom is -0.376 e. The number of hydrogen-bond acceptors (Lipinski definition) is 5. The Kier molecular flexibility index (Phi) is 3.57. The lowest BCUT2D eigenvalue weighted by Gasteiger charge is -2.25. The van der Waals surface area contributed by atoms with E-state index in [1.54, 1.807) is 16.8 Å². The van der Waals surface area contributed by atoms with Crippen molar-refractivity contribution in [1.29, 1.82) is 0 Å². The van der Waals surface area contributed by atoms with Crippen LogP contribution in [0.5, 0.6) is 0 Å². The molecular weight excluding hydrogens is 300 g/mol. The zero-order chi connectivity index (χ0) is 16.0. The molecule has 1 aromatic heterocycles. The smallest absolute Gasteiger partial charge is 0.274 e. The van der Waals surface area contributed by atoms with Gasteiger partial charge in [-0.25, -0.2) is 0 Å². The molecule has 0 saturated carbocycles. The van der Waals surface area contributed by atoms with Gasteiger partial charge in [0.25, 0.3) is 5.91 Å². The number of rotatable bonds is 1. The molecule has 3 aliphatic rings. The Bertz CT molecular complexity index is 643. The van der Waals surface area contributed by atoms with Gasteiger partial charge in [-0.2, -0.15) is 5.10 Å². The van der Waals surface area contributed by atoms with Crippen LogP contribution in [-0.2, 0) is 27.3 Å². The van der Waals surface area contributed by atoms with Crippen LogP contribution in [-0.4, -0.2) is 77.3 Å². The highest BCUT2D eigenvalue weighted by molar-refractivity contribution is 5.94. The molecule has 23 heavy (non-hydrogen) atoms. The van der Waals surface area contributed by atoms with Crippen LogP contribution >= 0.6 is 0 Å². The fourth-order valence-corrected chi connectivity index (χ4v) is 3.56. The SMILES string of the molecule is CN1C(=O)CCO[C@H]2CN(C(=O)c3n[nH]c4c3COCC4)C[C@@H]21. The number of ether oxygens (including phenoxy) is 2. The highest BCUT2D eigenvalue weighted by atomic mass is 16.5. The normalized spacial score (nSPS) is 27.6. The third-order valence-corrected chi connectivity index (χ3v) is 4.96. The second-order valence-electron chi connectivity index (χ2n) is 6.27.